The topological polar surface area (TPSA) is 55.1 Å². The van der Waals surface area contributed by atoms with Crippen LogP contribution >= 0.6 is 11.8 Å². The lowest BCUT2D eigenvalue weighted by Gasteiger charge is -2.05. The summed E-state index contributed by atoms with van der Waals surface area (Å²) < 4.78 is 0. The van der Waals surface area contributed by atoms with E-state index in [9.17, 15) is 4.79 Å². The van der Waals surface area contributed by atoms with Gasteiger partial charge in [0.1, 0.15) is 0 Å². The van der Waals surface area contributed by atoms with Gasteiger partial charge in [0.15, 0.2) is 0 Å². The zero-order valence-corrected chi connectivity index (χ0v) is 8.69. The molecule has 0 aromatic carbocycles. The highest BCUT2D eigenvalue weighted by molar-refractivity contribution is 7.99. The zero-order valence-electron chi connectivity index (χ0n) is 7.88. The molecule has 0 aromatic heterocycles. The fraction of sp³-hybridized carbons (Fsp3) is 0.667. The van der Waals surface area contributed by atoms with E-state index in [1.54, 1.807) is 11.8 Å². The zero-order chi connectivity index (χ0) is 10.1. The van der Waals surface area contributed by atoms with Gasteiger partial charge >= 0.3 is 0 Å². The molecule has 0 aliphatic rings. The van der Waals surface area contributed by atoms with Gasteiger partial charge in [-0.25, -0.2) is 0 Å². The lowest BCUT2D eigenvalue weighted by molar-refractivity contribution is -0.121. The molecule has 0 radical (unpaired) electrons. The van der Waals surface area contributed by atoms with Crippen LogP contribution in [0.4, 0.5) is 0 Å². The van der Waals surface area contributed by atoms with Gasteiger partial charge in [0, 0.05) is 24.8 Å². The van der Waals surface area contributed by atoms with E-state index in [0.29, 0.717) is 18.7 Å². The fourth-order valence-corrected chi connectivity index (χ4v) is 1.27. The Kier molecular flexibility index (Phi) is 7.56. The summed E-state index contributed by atoms with van der Waals surface area (Å²) in [6.45, 7) is 2.48. The Bertz CT molecular complexity index is 187. The van der Waals surface area contributed by atoms with Gasteiger partial charge in [-0.2, -0.15) is 0 Å². The summed E-state index contributed by atoms with van der Waals surface area (Å²) in [6.07, 6.45) is 5.45. The van der Waals surface area contributed by atoms with E-state index in [1.807, 2.05) is 6.92 Å². The maximum atomic E-state index is 11.0. The van der Waals surface area contributed by atoms with Crippen molar-refractivity contribution in [3.05, 3.63) is 0 Å². The number of amides is 1. The molecule has 0 rings (SSSR count). The highest BCUT2D eigenvalue weighted by Gasteiger charge is 2.02. The first-order valence-corrected chi connectivity index (χ1v) is 5.35. The highest BCUT2D eigenvalue weighted by Crippen LogP contribution is 1.95. The second-order valence-corrected chi connectivity index (χ2v) is 3.89. The summed E-state index contributed by atoms with van der Waals surface area (Å²) in [4.78, 5) is 11.0. The van der Waals surface area contributed by atoms with Crippen LogP contribution in [0.1, 0.15) is 13.3 Å². The first kappa shape index (κ1) is 12.3. The number of rotatable bonds is 6. The van der Waals surface area contributed by atoms with Crippen molar-refractivity contribution in [2.24, 2.45) is 5.73 Å². The van der Waals surface area contributed by atoms with E-state index in [0.717, 1.165) is 5.75 Å². The lowest BCUT2D eigenvalue weighted by atomic mass is 10.2. The molecule has 1 atom stereocenters. The largest absolute Gasteiger partial charge is 0.355 e. The van der Waals surface area contributed by atoms with Crippen molar-refractivity contribution in [2.45, 2.75) is 19.4 Å². The summed E-state index contributed by atoms with van der Waals surface area (Å²) in [5.74, 6) is 4.08. The van der Waals surface area contributed by atoms with Gasteiger partial charge in [-0.3, -0.25) is 4.79 Å². The average Bonchev–Trinajstić information content (AvgIpc) is 2.02. The van der Waals surface area contributed by atoms with Crippen molar-refractivity contribution in [2.75, 3.05) is 18.1 Å². The Hall–Kier alpha value is -0.660. The molecule has 0 bridgehead atoms. The van der Waals surface area contributed by atoms with Crippen molar-refractivity contribution in [1.29, 1.82) is 0 Å². The second kappa shape index (κ2) is 7.96. The molecule has 0 aromatic rings. The number of carbonyl (C=O) groups excluding carboxylic acids is 1. The summed E-state index contributed by atoms with van der Waals surface area (Å²) in [5.41, 5.74) is 5.45. The molecular weight excluding hydrogens is 184 g/mol. The van der Waals surface area contributed by atoms with Crippen LogP contribution in [-0.2, 0) is 4.79 Å². The van der Waals surface area contributed by atoms with Crippen LogP contribution in [0.3, 0.4) is 0 Å². The molecule has 0 saturated heterocycles. The second-order valence-electron chi connectivity index (χ2n) is 2.79. The lowest BCUT2D eigenvalue weighted by Crippen LogP contribution is -2.31. The summed E-state index contributed by atoms with van der Waals surface area (Å²) in [6, 6.07) is -0.0710. The van der Waals surface area contributed by atoms with Gasteiger partial charge in [0.2, 0.25) is 5.91 Å². The average molecular weight is 200 g/mol. The maximum absolute atomic E-state index is 11.0. The Morgan fingerprint density at radius 1 is 1.77 bits per heavy atom. The molecule has 0 fully saturated rings. The predicted octanol–water partition coefficient (Wildman–Crippen LogP) is 0.206. The van der Waals surface area contributed by atoms with Gasteiger partial charge in [0.05, 0.1) is 5.75 Å². The van der Waals surface area contributed by atoms with Crippen molar-refractivity contribution in [3.8, 4) is 12.3 Å². The standard InChI is InChI=1S/C9H16N2OS/c1-3-5-13-6-4-11-9(12)7-8(2)10/h1,8H,4-7,10H2,2H3,(H,11,12). The monoisotopic (exact) mass is 200 g/mol. The number of carbonyl (C=O) groups is 1. The highest BCUT2D eigenvalue weighted by atomic mass is 32.2. The van der Waals surface area contributed by atoms with Gasteiger partial charge in [-0.05, 0) is 6.92 Å². The summed E-state index contributed by atoms with van der Waals surface area (Å²) >= 11 is 1.63. The van der Waals surface area contributed by atoms with Crippen LogP contribution in [-0.4, -0.2) is 30.0 Å². The molecule has 1 amide bonds. The van der Waals surface area contributed by atoms with Crippen LogP contribution in [0.15, 0.2) is 0 Å². The van der Waals surface area contributed by atoms with E-state index in [4.69, 9.17) is 12.2 Å². The Labute approximate surface area is 83.8 Å². The molecule has 0 aliphatic carbocycles. The van der Waals surface area contributed by atoms with Crippen LogP contribution in [0, 0.1) is 12.3 Å². The summed E-state index contributed by atoms with van der Waals surface area (Å²) in [5, 5.41) is 2.76. The minimum Gasteiger partial charge on any atom is -0.355 e. The van der Waals surface area contributed by atoms with Crippen molar-refractivity contribution < 1.29 is 4.79 Å². The van der Waals surface area contributed by atoms with Crippen LogP contribution in [0.5, 0.6) is 0 Å². The van der Waals surface area contributed by atoms with E-state index in [2.05, 4.69) is 11.2 Å². The number of terminal acetylenes is 1. The SMILES string of the molecule is C#CCSCCNC(=O)CC(C)N. The molecule has 1 unspecified atom stereocenters. The van der Waals surface area contributed by atoms with E-state index >= 15 is 0 Å². The van der Waals surface area contributed by atoms with Crippen molar-refractivity contribution >= 4 is 17.7 Å². The fourth-order valence-electron chi connectivity index (χ4n) is 0.758. The molecule has 13 heavy (non-hydrogen) atoms. The molecular formula is C9H16N2OS. The molecule has 3 N–H and O–H groups in total. The quantitative estimate of drug-likeness (QED) is 0.476. The molecule has 3 nitrogen and oxygen atoms in total. The molecule has 0 heterocycles. The first-order valence-electron chi connectivity index (χ1n) is 4.20. The minimum atomic E-state index is -0.0710. The predicted molar refractivity (Wildman–Crippen MR) is 57.4 cm³/mol. The van der Waals surface area contributed by atoms with Gasteiger partial charge < -0.3 is 11.1 Å². The Balaban J connectivity index is 3.23. The number of nitrogens with one attached hydrogen (secondary N) is 1. The third-order valence-corrected chi connectivity index (χ3v) is 2.12. The van der Waals surface area contributed by atoms with Gasteiger partial charge in [-0.15, -0.1) is 18.2 Å². The molecule has 74 valence electrons. The van der Waals surface area contributed by atoms with E-state index in [-0.39, 0.29) is 11.9 Å². The van der Waals surface area contributed by atoms with Crippen LogP contribution in [0.25, 0.3) is 0 Å². The van der Waals surface area contributed by atoms with Crippen molar-refractivity contribution in [1.82, 2.24) is 5.32 Å². The van der Waals surface area contributed by atoms with Gasteiger partial charge in [0.25, 0.3) is 0 Å². The Morgan fingerprint density at radius 3 is 3.00 bits per heavy atom. The number of nitrogens with two attached hydrogens (primary N) is 1. The number of hydrogen-bond donors (Lipinski definition) is 2. The minimum absolute atomic E-state index is 0.0105. The van der Waals surface area contributed by atoms with Crippen LogP contribution < -0.4 is 11.1 Å². The van der Waals surface area contributed by atoms with E-state index in [1.165, 1.54) is 0 Å². The number of thioether (sulfide) groups is 1. The Morgan fingerprint density at radius 2 is 2.46 bits per heavy atom. The molecule has 4 heteroatoms. The normalized spacial score (nSPS) is 11.8. The van der Waals surface area contributed by atoms with Crippen molar-refractivity contribution in [3.63, 3.8) is 0 Å². The first-order chi connectivity index (χ1) is 6.16. The smallest absolute Gasteiger partial charge is 0.221 e. The number of hydrogen-bond acceptors (Lipinski definition) is 3. The molecule has 0 aliphatic heterocycles. The van der Waals surface area contributed by atoms with Crippen LogP contribution in [0.2, 0.25) is 0 Å². The molecule has 0 saturated carbocycles. The van der Waals surface area contributed by atoms with E-state index < -0.39 is 0 Å². The van der Waals surface area contributed by atoms with Gasteiger partial charge in [-0.1, -0.05) is 5.92 Å². The maximum Gasteiger partial charge on any atom is 0.221 e. The molecule has 0 spiro atoms. The summed E-state index contributed by atoms with van der Waals surface area (Å²) in [7, 11) is 0. The third-order valence-electron chi connectivity index (χ3n) is 1.26. The third kappa shape index (κ3) is 9.25.